The summed E-state index contributed by atoms with van der Waals surface area (Å²) in [6, 6.07) is 8.38. The molecule has 0 aromatic heterocycles. The molecule has 0 spiro atoms. The number of nitrogens with one attached hydrogen (secondary N) is 1. The van der Waals surface area contributed by atoms with Gasteiger partial charge in [-0.3, -0.25) is 4.79 Å². The number of carbonyl (C=O) groups excluding carboxylic acids is 1. The highest BCUT2D eigenvalue weighted by Crippen LogP contribution is 2.35. The number of hydrogen-bond acceptors (Lipinski definition) is 1. The van der Waals surface area contributed by atoms with Crippen molar-refractivity contribution in [2.75, 3.05) is 0 Å². The minimum absolute atomic E-state index is 0.125. The van der Waals surface area contributed by atoms with E-state index < -0.39 is 0 Å². The van der Waals surface area contributed by atoms with E-state index in [4.69, 9.17) is 0 Å². The monoisotopic (exact) mass is 201 g/mol. The highest BCUT2D eigenvalue weighted by atomic mass is 16.1. The molecule has 1 aromatic carbocycles. The molecule has 1 fully saturated rings. The van der Waals surface area contributed by atoms with Gasteiger partial charge in [-0.25, -0.2) is 0 Å². The molecule has 1 unspecified atom stereocenters. The van der Waals surface area contributed by atoms with Gasteiger partial charge in [0.15, 0.2) is 0 Å². The van der Waals surface area contributed by atoms with Gasteiger partial charge < -0.3 is 5.32 Å². The van der Waals surface area contributed by atoms with Crippen LogP contribution in [0.3, 0.4) is 0 Å². The summed E-state index contributed by atoms with van der Waals surface area (Å²) >= 11 is 0. The second-order valence-electron chi connectivity index (χ2n) is 4.61. The van der Waals surface area contributed by atoms with E-state index in [9.17, 15) is 4.79 Å². The van der Waals surface area contributed by atoms with Crippen molar-refractivity contribution >= 4 is 5.91 Å². The summed E-state index contributed by atoms with van der Waals surface area (Å²) in [5, 5.41) is 3.16. The Balaban J connectivity index is 1.90. The summed E-state index contributed by atoms with van der Waals surface area (Å²) in [5.74, 6) is 0.878. The molecule has 78 valence electrons. The Morgan fingerprint density at radius 2 is 1.93 bits per heavy atom. The van der Waals surface area contributed by atoms with Gasteiger partial charge in [-0.1, -0.05) is 18.2 Å². The standard InChI is InChI=1S/C13H15NO/c15-13-11-4-2-1-3-9(11)7-8-12(14-13)10-5-6-10/h1-4,10,12H,5-8H2,(H,14,15). The first-order valence-corrected chi connectivity index (χ1v) is 5.73. The molecule has 0 radical (unpaired) electrons. The summed E-state index contributed by atoms with van der Waals surface area (Å²) in [5.41, 5.74) is 2.08. The molecule has 1 N–H and O–H groups in total. The molecule has 1 atom stereocenters. The quantitative estimate of drug-likeness (QED) is 0.741. The molecule has 0 saturated heterocycles. The average Bonchev–Trinajstić information content (AvgIpc) is 3.06. The predicted octanol–water partition coefficient (Wildman–Crippen LogP) is 2.14. The van der Waals surface area contributed by atoms with Gasteiger partial charge in [-0.15, -0.1) is 0 Å². The largest absolute Gasteiger partial charge is 0.349 e. The first-order chi connectivity index (χ1) is 7.34. The van der Waals surface area contributed by atoms with Crippen LogP contribution in [0.25, 0.3) is 0 Å². The third-order valence-electron chi connectivity index (χ3n) is 3.49. The molecule has 1 amide bonds. The first-order valence-electron chi connectivity index (χ1n) is 5.73. The summed E-state index contributed by atoms with van der Waals surface area (Å²) in [6.45, 7) is 0. The van der Waals surface area contributed by atoms with Crippen LogP contribution in [0.1, 0.15) is 35.2 Å². The Morgan fingerprint density at radius 3 is 2.73 bits per heavy atom. The SMILES string of the molecule is O=C1NC(C2CC2)CCc2ccccc21. The number of rotatable bonds is 1. The molecule has 15 heavy (non-hydrogen) atoms. The molecule has 3 rings (SSSR count). The van der Waals surface area contributed by atoms with Crippen molar-refractivity contribution in [2.45, 2.75) is 31.7 Å². The Labute approximate surface area is 89.7 Å². The Bertz CT molecular complexity index is 395. The van der Waals surface area contributed by atoms with Crippen LogP contribution >= 0.6 is 0 Å². The molecule has 2 aliphatic rings. The lowest BCUT2D eigenvalue weighted by Gasteiger charge is -2.13. The summed E-state index contributed by atoms with van der Waals surface area (Å²) in [7, 11) is 0. The van der Waals surface area contributed by atoms with E-state index in [1.165, 1.54) is 18.4 Å². The molecular formula is C13H15NO. The van der Waals surface area contributed by atoms with Crippen LogP contribution in [0.15, 0.2) is 24.3 Å². The van der Waals surface area contributed by atoms with Crippen molar-refractivity contribution < 1.29 is 4.79 Å². The van der Waals surface area contributed by atoms with E-state index in [1.807, 2.05) is 18.2 Å². The zero-order chi connectivity index (χ0) is 10.3. The third kappa shape index (κ3) is 1.65. The highest BCUT2D eigenvalue weighted by Gasteiger charge is 2.33. The number of aryl methyl sites for hydroxylation is 1. The van der Waals surface area contributed by atoms with E-state index in [-0.39, 0.29) is 5.91 Å². The lowest BCUT2D eigenvalue weighted by Crippen LogP contribution is -2.34. The number of carbonyl (C=O) groups is 1. The number of benzene rings is 1. The number of amides is 1. The Hall–Kier alpha value is -1.31. The van der Waals surface area contributed by atoms with E-state index >= 15 is 0 Å². The van der Waals surface area contributed by atoms with Gasteiger partial charge in [0.25, 0.3) is 5.91 Å². The molecule has 1 aliphatic carbocycles. The predicted molar refractivity (Wildman–Crippen MR) is 58.7 cm³/mol. The van der Waals surface area contributed by atoms with E-state index in [1.54, 1.807) is 0 Å². The van der Waals surface area contributed by atoms with Crippen LogP contribution in [-0.4, -0.2) is 11.9 Å². The minimum Gasteiger partial charge on any atom is -0.349 e. The van der Waals surface area contributed by atoms with Crippen LogP contribution in [-0.2, 0) is 6.42 Å². The fraction of sp³-hybridized carbons (Fsp3) is 0.462. The van der Waals surface area contributed by atoms with Crippen LogP contribution in [0.2, 0.25) is 0 Å². The zero-order valence-corrected chi connectivity index (χ0v) is 8.70. The highest BCUT2D eigenvalue weighted by molar-refractivity contribution is 5.96. The van der Waals surface area contributed by atoms with Crippen molar-refractivity contribution in [3.8, 4) is 0 Å². The maximum atomic E-state index is 11.9. The Morgan fingerprint density at radius 1 is 1.13 bits per heavy atom. The topological polar surface area (TPSA) is 29.1 Å². The van der Waals surface area contributed by atoms with Gasteiger partial charge >= 0.3 is 0 Å². The van der Waals surface area contributed by atoms with Crippen LogP contribution in [0, 0.1) is 5.92 Å². The summed E-state index contributed by atoms with van der Waals surface area (Å²) < 4.78 is 0. The van der Waals surface area contributed by atoms with Crippen molar-refractivity contribution in [1.82, 2.24) is 5.32 Å². The van der Waals surface area contributed by atoms with Gasteiger partial charge in [0.2, 0.25) is 0 Å². The maximum absolute atomic E-state index is 11.9. The van der Waals surface area contributed by atoms with Crippen molar-refractivity contribution in [3.05, 3.63) is 35.4 Å². The van der Waals surface area contributed by atoms with Gasteiger partial charge in [-0.05, 0) is 43.2 Å². The normalized spacial score (nSPS) is 25.3. The van der Waals surface area contributed by atoms with Crippen LogP contribution < -0.4 is 5.32 Å². The van der Waals surface area contributed by atoms with Crippen LogP contribution in [0.4, 0.5) is 0 Å². The van der Waals surface area contributed by atoms with Crippen LogP contribution in [0.5, 0.6) is 0 Å². The second-order valence-corrected chi connectivity index (χ2v) is 4.61. The first kappa shape index (κ1) is 8.96. The van der Waals surface area contributed by atoms with Gasteiger partial charge in [-0.2, -0.15) is 0 Å². The third-order valence-corrected chi connectivity index (χ3v) is 3.49. The second kappa shape index (κ2) is 3.37. The van der Waals surface area contributed by atoms with Gasteiger partial charge in [0.05, 0.1) is 0 Å². The lowest BCUT2D eigenvalue weighted by molar-refractivity contribution is 0.0934. The summed E-state index contributed by atoms with van der Waals surface area (Å²) in [4.78, 5) is 11.9. The lowest BCUT2D eigenvalue weighted by atomic mass is 10.0. The van der Waals surface area contributed by atoms with Gasteiger partial charge in [0.1, 0.15) is 0 Å². The molecule has 1 saturated carbocycles. The molecule has 1 aromatic rings. The molecule has 1 heterocycles. The number of fused-ring (bicyclic) bond motifs is 1. The molecular weight excluding hydrogens is 186 g/mol. The zero-order valence-electron chi connectivity index (χ0n) is 8.70. The summed E-state index contributed by atoms with van der Waals surface area (Å²) in [6.07, 6.45) is 4.73. The smallest absolute Gasteiger partial charge is 0.251 e. The van der Waals surface area contributed by atoms with E-state index in [0.29, 0.717) is 6.04 Å². The fourth-order valence-corrected chi connectivity index (χ4v) is 2.44. The maximum Gasteiger partial charge on any atom is 0.251 e. The van der Waals surface area contributed by atoms with Gasteiger partial charge in [0, 0.05) is 11.6 Å². The average molecular weight is 201 g/mol. The molecule has 0 bridgehead atoms. The van der Waals surface area contributed by atoms with Crippen molar-refractivity contribution in [2.24, 2.45) is 5.92 Å². The van der Waals surface area contributed by atoms with Crippen molar-refractivity contribution in [1.29, 1.82) is 0 Å². The van der Waals surface area contributed by atoms with E-state index in [0.717, 1.165) is 24.3 Å². The molecule has 1 aliphatic heterocycles. The minimum atomic E-state index is 0.125. The number of hydrogen-bond donors (Lipinski definition) is 1. The van der Waals surface area contributed by atoms with E-state index in [2.05, 4.69) is 11.4 Å². The fourth-order valence-electron chi connectivity index (χ4n) is 2.44. The Kier molecular flexibility index (Phi) is 2.01. The molecule has 2 heteroatoms. The van der Waals surface area contributed by atoms with Crippen molar-refractivity contribution in [3.63, 3.8) is 0 Å². The molecule has 2 nitrogen and oxygen atoms in total.